The average Bonchev–Trinajstić information content (AvgIpc) is 3.12. The van der Waals surface area contributed by atoms with Crippen LogP contribution in [0.2, 0.25) is 10.0 Å². The van der Waals surface area contributed by atoms with Crippen molar-refractivity contribution in [2.75, 3.05) is 12.4 Å². The van der Waals surface area contributed by atoms with E-state index in [1.54, 1.807) is 37.4 Å². The van der Waals surface area contributed by atoms with Crippen LogP contribution in [0.1, 0.15) is 21.8 Å². The van der Waals surface area contributed by atoms with Crippen LogP contribution >= 0.6 is 39.1 Å². The lowest BCUT2D eigenvalue weighted by molar-refractivity contribution is 0.102. The van der Waals surface area contributed by atoms with Crippen LogP contribution in [0.15, 0.2) is 63.5 Å². The van der Waals surface area contributed by atoms with Crippen molar-refractivity contribution in [3.8, 4) is 5.75 Å². The molecule has 4 rings (SSSR count). The summed E-state index contributed by atoms with van der Waals surface area (Å²) in [5.74, 6) is 0.990. The maximum absolute atomic E-state index is 12.5. The summed E-state index contributed by atoms with van der Waals surface area (Å²) in [5, 5.41) is 3.82. The lowest BCUT2D eigenvalue weighted by atomic mass is 10.1. The number of amides is 1. The van der Waals surface area contributed by atoms with Gasteiger partial charge in [-0.05, 0) is 64.0 Å². The Morgan fingerprint density at radius 1 is 1.13 bits per heavy atom. The number of ether oxygens (including phenoxy) is 1. The number of anilines is 1. The smallest absolute Gasteiger partial charge is 0.255 e. The first-order valence-electron chi connectivity index (χ1n) is 8.91. The van der Waals surface area contributed by atoms with Crippen LogP contribution in [0.3, 0.4) is 0 Å². The maximum atomic E-state index is 12.5. The van der Waals surface area contributed by atoms with Crippen LogP contribution in [0, 0.1) is 0 Å². The topological polar surface area (TPSA) is 64.4 Å². The van der Waals surface area contributed by atoms with E-state index in [9.17, 15) is 4.79 Å². The zero-order chi connectivity index (χ0) is 21.3. The van der Waals surface area contributed by atoms with Crippen molar-refractivity contribution in [2.45, 2.75) is 6.42 Å². The van der Waals surface area contributed by atoms with Crippen molar-refractivity contribution in [2.24, 2.45) is 0 Å². The molecule has 1 heterocycles. The highest BCUT2D eigenvalue weighted by Crippen LogP contribution is 2.29. The molecule has 0 saturated carbocycles. The molecule has 0 aliphatic heterocycles. The van der Waals surface area contributed by atoms with E-state index >= 15 is 0 Å². The molecule has 0 radical (unpaired) electrons. The standard InChI is InChI=1S/C22H15BrCl2N2O3/c1-29-19-7-4-13(9-16(19)23)22(28)26-15-5-2-12(3-6-15)8-20-27-18-11-14(24)10-17(25)21(18)30-20/h2-7,9-11H,8H2,1H3,(H,26,28). The Labute approximate surface area is 191 Å². The molecule has 3 aromatic carbocycles. The number of hydrogen-bond donors (Lipinski definition) is 1. The Balaban J connectivity index is 1.46. The van der Waals surface area contributed by atoms with Crippen LogP contribution in [-0.2, 0) is 6.42 Å². The number of halogens is 3. The molecule has 152 valence electrons. The Kier molecular flexibility index (Phi) is 5.99. The summed E-state index contributed by atoms with van der Waals surface area (Å²) < 4.78 is 11.7. The highest BCUT2D eigenvalue weighted by molar-refractivity contribution is 9.10. The molecular weight excluding hydrogens is 491 g/mol. The SMILES string of the molecule is COc1ccc(C(=O)Nc2ccc(Cc3nc4cc(Cl)cc(Cl)c4o3)cc2)cc1Br. The van der Waals surface area contributed by atoms with Crippen LogP contribution in [0.25, 0.3) is 11.1 Å². The molecule has 0 saturated heterocycles. The molecule has 4 aromatic rings. The first-order chi connectivity index (χ1) is 14.4. The number of methoxy groups -OCH3 is 1. The fourth-order valence-corrected chi connectivity index (χ4v) is 4.03. The minimum Gasteiger partial charge on any atom is -0.496 e. The number of rotatable bonds is 5. The lowest BCUT2D eigenvalue weighted by Crippen LogP contribution is -2.11. The average molecular weight is 506 g/mol. The van der Waals surface area contributed by atoms with E-state index in [0.29, 0.717) is 54.9 Å². The van der Waals surface area contributed by atoms with E-state index in [2.05, 4.69) is 26.2 Å². The summed E-state index contributed by atoms with van der Waals surface area (Å²) in [5.41, 5.74) is 3.33. The van der Waals surface area contributed by atoms with Crippen molar-refractivity contribution < 1.29 is 13.9 Å². The summed E-state index contributed by atoms with van der Waals surface area (Å²) in [6.07, 6.45) is 0.488. The number of hydrogen-bond acceptors (Lipinski definition) is 4. The van der Waals surface area contributed by atoms with E-state index in [0.717, 1.165) is 5.56 Å². The first kappa shape index (κ1) is 20.7. The van der Waals surface area contributed by atoms with Gasteiger partial charge in [-0.25, -0.2) is 4.98 Å². The predicted molar refractivity (Wildman–Crippen MR) is 122 cm³/mol. The second-order valence-corrected chi connectivity index (χ2v) is 8.22. The van der Waals surface area contributed by atoms with Crippen molar-refractivity contribution in [3.63, 3.8) is 0 Å². The molecule has 1 aromatic heterocycles. The summed E-state index contributed by atoms with van der Waals surface area (Å²) in [6.45, 7) is 0. The quantitative estimate of drug-likeness (QED) is 0.326. The van der Waals surface area contributed by atoms with E-state index in [-0.39, 0.29) is 5.91 Å². The summed E-state index contributed by atoms with van der Waals surface area (Å²) in [4.78, 5) is 16.9. The lowest BCUT2D eigenvalue weighted by Gasteiger charge is -2.08. The number of aromatic nitrogens is 1. The number of fused-ring (bicyclic) bond motifs is 1. The van der Waals surface area contributed by atoms with Crippen LogP contribution < -0.4 is 10.1 Å². The molecule has 0 spiro atoms. The summed E-state index contributed by atoms with van der Waals surface area (Å²) >= 11 is 15.6. The van der Waals surface area contributed by atoms with Crippen molar-refractivity contribution in [3.05, 3.63) is 86.1 Å². The highest BCUT2D eigenvalue weighted by atomic mass is 79.9. The van der Waals surface area contributed by atoms with Gasteiger partial charge in [-0.1, -0.05) is 35.3 Å². The third-order valence-corrected chi connectivity index (χ3v) is 5.55. The van der Waals surface area contributed by atoms with Crippen molar-refractivity contribution in [1.82, 2.24) is 4.98 Å². The molecule has 0 fully saturated rings. The zero-order valence-electron chi connectivity index (χ0n) is 15.7. The van der Waals surface area contributed by atoms with Gasteiger partial charge in [0, 0.05) is 22.7 Å². The Hall–Kier alpha value is -2.54. The van der Waals surface area contributed by atoms with Gasteiger partial charge in [0.05, 0.1) is 16.6 Å². The molecule has 0 aliphatic rings. The van der Waals surface area contributed by atoms with Gasteiger partial charge in [-0.15, -0.1) is 0 Å². The van der Waals surface area contributed by atoms with Crippen molar-refractivity contribution >= 4 is 61.8 Å². The molecule has 8 heteroatoms. The maximum Gasteiger partial charge on any atom is 0.255 e. The summed E-state index contributed by atoms with van der Waals surface area (Å²) in [7, 11) is 1.58. The number of benzene rings is 3. The third kappa shape index (κ3) is 4.46. The molecular formula is C22H15BrCl2N2O3. The van der Waals surface area contributed by atoms with Crippen molar-refractivity contribution in [1.29, 1.82) is 0 Å². The van der Waals surface area contributed by atoms with E-state index in [4.69, 9.17) is 32.4 Å². The summed E-state index contributed by atoms with van der Waals surface area (Å²) in [6, 6.07) is 16.0. The second kappa shape index (κ2) is 8.68. The minimum atomic E-state index is -0.212. The predicted octanol–water partition coefficient (Wildman–Crippen LogP) is 6.75. The fraction of sp³-hybridized carbons (Fsp3) is 0.0909. The number of nitrogens with one attached hydrogen (secondary N) is 1. The number of carbonyl (C=O) groups is 1. The number of oxazole rings is 1. The van der Waals surface area contributed by atoms with Gasteiger partial charge in [0.25, 0.3) is 5.91 Å². The number of nitrogens with zero attached hydrogens (tertiary/aromatic N) is 1. The van der Waals surface area contributed by atoms with Gasteiger partial charge in [0.15, 0.2) is 11.5 Å². The molecule has 1 amide bonds. The largest absolute Gasteiger partial charge is 0.496 e. The highest BCUT2D eigenvalue weighted by Gasteiger charge is 2.12. The van der Waals surface area contributed by atoms with Gasteiger partial charge in [-0.3, -0.25) is 4.79 Å². The molecule has 0 aliphatic carbocycles. The van der Waals surface area contributed by atoms with E-state index in [1.807, 2.05) is 24.3 Å². The Morgan fingerprint density at radius 3 is 2.60 bits per heavy atom. The fourth-order valence-electron chi connectivity index (χ4n) is 2.97. The van der Waals surface area contributed by atoms with Gasteiger partial charge in [-0.2, -0.15) is 0 Å². The van der Waals surface area contributed by atoms with Crippen LogP contribution in [-0.4, -0.2) is 18.0 Å². The molecule has 0 unspecified atom stereocenters. The van der Waals surface area contributed by atoms with Gasteiger partial charge in [0.2, 0.25) is 0 Å². The molecule has 5 nitrogen and oxygen atoms in total. The van der Waals surface area contributed by atoms with Gasteiger partial charge < -0.3 is 14.5 Å². The molecule has 1 N–H and O–H groups in total. The number of carbonyl (C=O) groups excluding carboxylic acids is 1. The molecule has 30 heavy (non-hydrogen) atoms. The molecule has 0 bridgehead atoms. The Bertz CT molecular complexity index is 1240. The first-order valence-corrected chi connectivity index (χ1v) is 10.5. The van der Waals surface area contributed by atoms with E-state index < -0.39 is 0 Å². The Morgan fingerprint density at radius 2 is 1.90 bits per heavy atom. The second-order valence-electron chi connectivity index (χ2n) is 6.52. The van der Waals surface area contributed by atoms with Gasteiger partial charge >= 0.3 is 0 Å². The van der Waals surface area contributed by atoms with Crippen LogP contribution in [0.4, 0.5) is 5.69 Å². The minimum absolute atomic E-state index is 0.212. The monoisotopic (exact) mass is 504 g/mol. The normalized spacial score (nSPS) is 10.9. The zero-order valence-corrected chi connectivity index (χ0v) is 18.8. The van der Waals surface area contributed by atoms with Gasteiger partial charge in [0.1, 0.15) is 11.3 Å². The third-order valence-electron chi connectivity index (χ3n) is 4.43. The van der Waals surface area contributed by atoms with E-state index in [1.165, 1.54) is 0 Å². The van der Waals surface area contributed by atoms with Crippen LogP contribution in [0.5, 0.6) is 5.75 Å². The molecule has 0 atom stereocenters.